The zero-order valence-corrected chi connectivity index (χ0v) is 22.2. The van der Waals surface area contributed by atoms with E-state index in [-0.39, 0.29) is 29.4 Å². The molecule has 4 aromatic rings. The highest BCUT2D eigenvalue weighted by Crippen LogP contribution is 2.33. The van der Waals surface area contributed by atoms with Crippen LogP contribution >= 0.6 is 0 Å². The van der Waals surface area contributed by atoms with Gasteiger partial charge in [-0.2, -0.15) is 5.26 Å². The van der Waals surface area contributed by atoms with E-state index >= 15 is 0 Å². The molecule has 196 valence electrons. The van der Waals surface area contributed by atoms with Crippen LogP contribution in [0, 0.1) is 22.7 Å². The largest absolute Gasteiger partial charge is 0.415 e. The number of amides is 1. The Morgan fingerprint density at radius 1 is 1.10 bits per heavy atom. The third-order valence-corrected chi connectivity index (χ3v) is 7.55. The predicted molar refractivity (Wildman–Crippen MR) is 150 cm³/mol. The Balaban J connectivity index is 1.54. The molecular formula is C32H31N5O2. The number of nitriles is 1. The summed E-state index contributed by atoms with van der Waals surface area (Å²) >= 11 is 0. The number of rotatable bonds is 8. The predicted octanol–water partition coefficient (Wildman–Crippen LogP) is 6.54. The fourth-order valence-electron chi connectivity index (χ4n) is 5.27. The quantitative estimate of drug-likeness (QED) is 0.267. The van der Waals surface area contributed by atoms with Gasteiger partial charge in [-0.1, -0.05) is 68.8 Å². The summed E-state index contributed by atoms with van der Waals surface area (Å²) in [5, 5.41) is 26.6. The summed E-state index contributed by atoms with van der Waals surface area (Å²) in [4.78, 5) is 15.9. The van der Waals surface area contributed by atoms with Gasteiger partial charge in [0, 0.05) is 30.1 Å². The molecule has 0 aliphatic carbocycles. The zero-order valence-electron chi connectivity index (χ0n) is 22.2. The first kappa shape index (κ1) is 26.1. The lowest BCUT2D eigenvalue weighted by atomic mass is 9.94. The lowest BCUT2D eigenvalue weighted by Gasteiger charge is -2.29. The molecule has 1 N–H and O–H groups in total. The second-order valence-corrected chi connectivity index (χ2v) is 10.1. The van der Waals surface area contributed by atoms with Gasteiger partial charge in [-0.15, -0.1) is 10.2 Å². The Bertz CT molecular complexity index is 1540. The monoisotopic (exact) mass is 517 g/mol. The van der Waals surface area contributed by atoms with Crippen molar-refractivity contribution in [3.05, 3.63) is 95.4 Å². The molecule has 2 unspecified atom stereocenters. The first-order valence-electron chi connectivity index (χ1n) is 13.4. The van der Waals surface area contributed by atoms with Gasteiger partial charge in [0.2, 0.25) is 5.89 Å². The summed E-state index contributed by atoms with van der Waals surface area (Å²) in [6, 6.07) is 25.0. The first-order valence-corrected chi connectivity index (χ1v) is 13.4. The Labute approximate surface area is 228 Å². The molecule has 1 fully saturated rings. The minimum atomic E-state index is -0.0353. The van der Waals surface area contributed by atoms with Crippen LogP contribution in [0.2, 0.25) is 0 Å². The van der Waals surface area contributed by atoms with Crippen LogP contribution in [0.4, 0.5) is 0 Å². The molecular weight excluding hydrogens is 486 g/mol. The maximum Gasteiger partial charge on any atom is 0.262 e. The average Bonchev–Trinajstić information content (AvgIpc) is 3.67. The molecule has 0 radical (unpaired) electrons. The van der Waals surface area contributed by atoms with Crippen molar-refractivity contribution >= 4 is 11.6 Å². The number of hydrogen-bond acceptors (Lipinski definition) is 6. The van der Waals surface area contributed by atoms with Crippen molar-refractivity contribution in [2.75, 3.05) is 6.54 Å². The Kier molecular flexibility index (Phi) is 7.64. The minimum absolute atomic E-state index is 0.0353. The normalized spacial score (nSPS) is 15.6. The highest BCUT2D eigenvalue weighted by Gasteiger charge is 2.33. The summed E-state index contributed by atoms with van der Waals surface area (Å²) in [5.41, 5.74) is 4.27. The van der Waals surface area contributed by atoms with Gasteiger partial charge >= 0.3 is 0 Å². The summed E-state index contributed by atoms with van der Waals surface area (Å²) < 4.78 is 5.95. The number of carbonyl (C=O) groups is 1. The molecule has 5 rings (SSSR count). The van der Waals surface area contributed by atoms with Crippen LogP contribution in [0.25, 0.3) is 22.6 Å². The molecule has 3 aromatic carbocycles. The molecule has 7 nitrogen and oxygen atoms in total. The highest BCUT2D eigenvalue weighted by atomic mass is 16.4. The minimum Gasteiger partial charge on any atom is -0.415 e. The van der Waals surface area contributed by atoms with Crippen molar-refractivity contribution in [2.45, 2.75) is 45.6 Å². The molecule has 2 atom stereocenters. The van der Waals surface area contributed by atoms with E-state index in [1.54, 1.807) is 12.1 Å². The van der Waals surface area contributed by atoms with E-state index in [0.29, 0.717) is 29.0 Å². The molecule has 1 aromatic heterocycles. The standard InChI is InChI=1S/C32H31N5O2/c1-3-21(2)29-14-9-15-37(29)32(38)26-18-24(27-13-8-7-12-23(27)20-33)17-25(19-26)30-35-36-31(39-30)28(34)16-22-10-5-4-6-11-22/h4-8,10-13,17-19,21,29,34H,3,9,14-16H2,1-2H3. The van der Waals surface area contributed by atoms with Crippen molar-refractivity contribution in [1.82, 2.24) is 15.1 Å². The zero-order chi connectivity index (χ0) is 27.4. The second-order valence-electron chi connectivity index (χ2n) is 10.1. The molecule has 1 amide bonds. The molecule has 39 heavy (non-hydrogen) atoms. The van der Waals surface area contributed by atoms with Crippen LogP contribution in [-0.4, -0.2) is 39.3 Å². The lowest BCUT2D eigenvalue weighted by molar-refractivity contribution is 0.0692. The van der Waals surface area contributed by atoms with Gasteiger partial charge in [0.1, 0.15) is 0 Å². The van der Waals surface area contributed by atoms with E-state index in [0.717, 1.165) is 42.5 Å². The van der Waals surface area contributed by atoms with Crippen molar-refractivity contribution in [2.24, 2.45) is 5.92 Å². The van der Waals surface area contributed by atoms with Gasteiger partial charge in [-0.25, -0.2) is 0 Å². The molecule has 0 bridgehead atoms. The van der Waals surface area contributed by atoms with Crippen LogP contribution in [0.5, 0.6) is 0 Å². The average molecular weight is 518 g/mol. The molecule has 0 spiro atoms. The fraction of sp³-hybridized carbons (Fsp3) is 0.281. The van der Waals surface area contributed by atoms with Gasteiger partial charge in [0.15, 0.2) is 0 Å². The van der Waals surface area contributed by atoms with E-state index < -0.39 is 0 Å². The Morgan fingerprint density at radius 2 is 1.85 bits per heavy atom. The third-order valence-electron chi connectivity index (χ3n) is 7.55. The molecule has 1 saturated heterocycles. The molecule has 1 aliphatic heterocycles. The van der Waals surface area contributed by atoms with Crippen molar-refractivity contribution < 1.29 is 9.21 Å². The maximum absolute atomic E-state index is 13.9. The van der Waals surface area contributed by atoms with Crippen LogP contribution < -0.4 is 0 Å². The lowest BCUT2D eigenvalue weighted by Crippen LogP contribution is -2.39. The number of nitrogens with one attached hydrogen (secondary N) is 1. The van der Waals surface area contributed by atoms with Gasteiger partial charge in [-0.3, -0.25) is 10.2 Å². The van der Waals surface area contributed by atoms with E-state index in [4.69, 9.17) is 9.83 Å². The van der Waals surface area contributed by atoms with Gasteiger partial charge in [-0.05, 0) is 59.7 Å². The van der Waals surface area contributed by atoms with E-state index in [2.05, 4.69) is 30.1 Å². The van der Waals surface area contributed by atoms with Crippen molar-refractivity contribution in [3.8, 4) is 28.7 Å². The summed E-state index contributed by atoms with van der Waals surface area (Å²) in [6.07, 6.45) is 3.37. The Morgan fingerprint density at radius 3 is 2.62 bits per heavy atom. The van der Waals surface area contributed by atoms with E-state index in [1.807, 2.05) is 65.6 Å². The topological polar surface area (TPSA) is 107 Å². The summed E-state index contributed by atoms with van der Waals surface area (Å²) in [5.74, 6) is 0.744. The molecule has 0 saturated carbocycles. The van der Waals surface area contributed by atoms with Gasteiger partial charge in [0.25, 0.3) is 11.8 Å². The number of likely N-dealkylation sites (tertiary alicyclic amines) is 1. The summed E-state index contributed by atoms with van der Waals surface area (Å²) in [7, 11) is 0. The SMILES string of the molecule is CCC(C)C1CCCN1C(=O)c1cc(-c2nnc(C(=N)Cc3ccccc3)o2)cc(-c2ccccc2C#N)c1. The van der Waals surface area contributed by atoms with Crippen LogP contribution in [-0.2, 0) is 6.42 Å². The number of carbonyl (C=O) groups excluding carboxylic acids is 1. The molecule has 7 heteroatoms. The first-order chi connectivity index (χ1) is 19.0. The molecule has 2 heterocycles. The smallest absolute Gasteiger partial charge is 0.262 e. The van der Waals surface area contributed by atoms with Crippen LogP contribution in [0.15, 0.2) is 77.2 Å². The van der Waals surface area contributed by atoms with Crippen LogP contribution in [0.3, 0.4) is 0 Å². The fourth-order valence-corrected chi connectivity index (χ4v) is 5.27. The summed E-state index contributed by atoms with van der Waals surface area (Å²) in [6.45, 7) is 5.08. The number of hydrogen-bond donors (Lipinski definition) is 1. The maximum atomic E-state index is 13.9. The number of nitrogens with zero attached hydrogens (tertiary/aromatic N) is 4. The van der Waals surface area contributed by atoms with Gasteiger partial charge < -0.3 is 9.32 Å². The Hall–Kier alpha value is -4.57. The highest BCUT2D eigenvalue weighted by molar-refractivity contribution is 5.98. The van der Waals surface area contributed by atoms with E-state index in [1.165, 1.54) is 0 Å². The van der Waals surface area contributed by atoms with Crippen molar-refractivity contribution in [3.63, 3.8) is 0 Å². The van der Waals surface area contributed by atoms with Crippen molar-refractivity contribution in [1.29, 1.82) is 10.7 Å². The second kappa shape index (κ2) is 11.4. The van der Waals surface area contributed by atoms with Gasteiger partial charge in [0.05, 0.1) is 17.3 Å². The number of aromatic nitrogens is 2. The van der Waals surface area contributed by atoms with E-state index in [9.17, 15) is 10.1 Å². The third kappa shape index (κ3) is 5.51. The molecule has 1 aliphatic rings. The van der Waals surface area contributed by atoms with Crippen LogP contribution in [0.1, 0.15) is 60.5 Å². The number of benzene rings is 3.